The Morgan fingerprint density at radius 2 is 1.63 bits per heavy atom. The molecule has 19 heavy (non-hydrogen) atoms. The summed E-state index contributed by atoms with van der Waals surface area (Å²) in [6.07, 6.45) is -6.17. The zero-order chi connectivity index (χ0) is 15.1. The molecule has 0 saturated heterocycles. The number of anilines is 1. The van der Waals surface area contributed by atoms with Crippen LogP contribution in [0.2, 0.25) is 0 Å². The van der Waals surface area contributed by atoms with Gasteiger partial charge in [0.25, 0.3) is 0 Å². The highest BCUT2D eigenvalue weighted by Gasteiger charge is 2.75. The molecule has 0 radical (unpaired) electrons. The summed E-state index contributed by atoms with van der Waals surface area (Å²) < 4.78 is 87.2. The molecule has 2 N–H and O–H groups in total. The Labute approximate surface area is 100 Å². The van der Waals surface area contributed by atoms with Gasteiger partial charge < -0.3 is 5.73 Å². The van der Waals surface area contributed by atoms with E-state index in [-0.39, 0.29) is 0 Å². The van der Waals surface area contributed by atoms with E-state index < -0.39 is 35.2 Å². The van der Waals surface area contributed by atoms with Crippen molar-refractivity contribution >= 4 is 5.82 Å². The Balaban J connectivity index is 3.36. The molecule has 4 nitrogen and oxygen atoms in total. The van der Waals surface area contributed by atoms with Crippen LogP contribution in [0.25, 0.3) is 0 Å². The van der Waals surface area contributed by atoms with Crippen LogP contribution in [-0.4, -0.2) is 22.1 Å². The molecule has 104 valence electrons. The Kier molecular flexibility index (Phi) is 3.31. The third-order valence-electron chi connectivity index (χ3n) is 1.97. The van der Waals surface area contributed by atoms with Crippen LogP contribution < -0.4 is 5.73 Å². The lowest BCUT2D eigenvalue weighted by Crippen LogP contribution is -2.50. The number of halogens is 7. The molecule has 0 aliphatic heterocycles. The SMILES string of the molecule is N#Cc1cnc(C(F)(F)C(F)(F)C(F)(F)F)nc1N. The average molecular weight is 288 g/mol. The monoisotopic (exact) mass is 288 g/mol. The molecule has 0 aliphatic carbocycles. The summed E-state index contributed by atoms with van der Waals surface area (Å²) in [6, 6.07) is 1.34. The van der Waals surface area contributed by atoms with Crippen molar-refractivity contribution in [2.75, 3.05) is 5.73 Å². The minimum atomic E-state index is -6.50. The number of rotatable bonds is 2. The van der Waals surface area contributed by atoms with E-state index in [1.807, 2.05) is 0 Å². The van der Waals surface area contributed by atoms with Crippen molar-refractivity contribution in [1.82, 2.24) is 9.97 Å². The molecule has 1 heterocycles. The van der Waals surface area contributed by atoms with Gasteiger partial charge in [-0.2, -0.15) is 36.0 Å². The predicted molar refractivity (Wildman–Crippen MR) is 46.1 cm³/mol. The van der Waals surface area contributed by atoms with Crippen molar-refractivity contribution in [2.24, 2.45) is 0 Å². The molecule has 0 bridgehead atoms. The van der Waals surface area contributed by atoms with Crippen molar-refractivity contribution in [3.63, 3.8) is 0 Å². The number of nitrogens with zero attached hydrogens (tertiary/aromatic N) is 3. The Morgan fingerprint density at radius 1 is 1.11 bits per heavy atom. The zero-order valence-electron chi connectivity index (χ0n) is 8.64. The van der Waals surface area contributed by atoms with Crippen LogP contribution in [0.5, 0.6) is 0 Å². The van der Waals surface area contributed by atoms with Gasteiger partial charge in [-0.25, -0.2) is 9.97 Å². The molecule has 1 aromatic rings. The molecule has 0 aliphatic rings. The van der Waals surface area contributed by atoms with E-state index in [0.717, 1.165) is 0 Å². The first-order valence-electron chi connectivity index (χ1n) is 4.30. The molecule has 0 atom stereocenters. The molecule has 0 fully saturated rings. The minimum Gasteiger partial charge on any atom is -0.382 e. The number of hydrogen-bond acceptors (Lipinski definition) is 4. The predicted octanol–water partition coefficient (Wildman–Crippen LogP) is 2.22. The molecule has 0 spiro atoms. The molecule has 0 saturated carbocycles. The van der Waals surface area contributed by atoms with Gasteiger partial charge in [0.2, 0.25) is 5.82 Å². The van der Waals surface area contributed by atoms with Gasteiger partial charge in [-0.1, -0.05) is 0 Å². The highest BCUT2D eigenvalue weighted by atomic mass is 19.4. The van der Waals surface area contributed by atoms with Crippen molar-refractivity contribution in [1.29, 1.82) is 5.26 Å². The van der Waals surface area contributed by atoms with Crippen LogP contribution in [-0.2, 0) is 5.92 Å². The van der Waals surface area contributed by atoms with E-state index in [1.165, 1.54) is 6.07 Å². The Hall–Kier alpha value is -2.12. The maximum Gasteiger partial charge on any atom is 0.460 e. The molecule has 11 heteroatoms. The summed E-state index contributed by atoms with van der Waals surface area (Å²) >= 11 is 0. The summed E-state index contributed by atoms with van der Waals surface area (Å²) in [7, 11) is 0. The van der Waals surface area contributed by atoms with E-state index in [0.29, 0.717) is 6.20 Å². The number of hydrogen-bond donors (Lipinski definition) is 1. The number of alkyl halides is 7. The van der Waals surface area contributed by atoms with Gasteiger partial charge in [0.15, 0.2) is 0 Å². The maximum atomic E-state index is 13.1. The van der Waals surface area contributed by atoms with Crippen molar-refractivity contribution in [2.45, 2.75) is 18.0 Å². The van der Waals surface area contributed by atoms with Crippen molar-refractivity contribution in [3.05, 3.63) is 17.6 Å². The molecule has 1 aromatic heterocycles. The standard InChI is InChI=1S/C8H3F7N4/c9-6(10,7(11,12)8(13,14)15)5-18-2-3(1-16)4(17)19-5/h2H,(H2,17,18,19). The fraction of sp³-hybridized carbons (Fsp3) is 0.375. The Morgan fingerprint density at radius 3 is 2.00 bits per heavy atom. The van der Waals surface area contributed by atoms with Gasteiger partial charge in [-0.05, 0) is 0 Å². The molecule has 1 rings (SSSR count). The molecule has 0 aromatic carbocycles. The number of nitrogens with two attached hydrogens (primary N) is 1. The van der Waals surface area contributed by atoms with E-state index in [4.69, 9.17) is 11.0 Å². The largest absolute Gasteiger partial charge is 0.460 e. The molecule has 0 amide bonds. The summed E-state index contributed by atoms with van der Waals surface area (Å²) in [4.78, 5) is 5.23. The lowest BCUT2D eigenvalue weighted by Gasteiger charge is -2.26. The van der Waals surface area contributed by atoms with E-state index >= 15 is 0 Å². The zero-order valence-corrected chi connectivity index (χ0v) is 8.64. The van der Waals surface area contributed by atoms with Gasteiger partial charge in [-0.3, -0.25) is 0 Å². The van der Waals surface area contributed by atoms with E-state index in [9.17, 15) is 30.7 Å². The first-order valence-corrected chi connectivity index (χ1v) is 4.30. The van der Waals surface area contributed by atoms with Gasteiger partial charge in [0.05, 0.1) is 6.20 Å². The quantitative estimate of drug-likeness (QED) is 0.847. The smallest absolute Gasteiger partial charge is 0.382 e. The van der Waals surface area contributed by atoms with Crippen LogP contribution in [0.3, 0.4) is 0 Å². The lowest BCUT2D eigenvalue weighted by atomic mass is 10.1. The summed E-state index contributed by atoms with van der Waals surface area (Å²) in [5, 5.41) is 8.38. The molecule has 0 unspecified atom stereocenters. The van der Waals surface area contributed by atoms with Gasteiger partial charge in [-0.15, -0.1) is 0 Å². The van der Waals surface area contributed by atoms with Crippen LogP contribution in [0.4, 0.5) is 36.6 Å². The van der Waals surface area contributed by atoms with E-state index in [2.05, 4.69) is 9.97 Å². The fourth-order valence-electron chi connectivity index (χ4n) is 0.951. The van der Waals surface area contributed by atoms with Crippen LogP contribution in [0.1, 0.15) is 11.4 Å². The summed E-state index contributed by atoms with van der Waals surface area (Å²) in [5.74, 6) is -15.1. The van der Waals surface area contributed by atoms with Crippen molar-refractivity contribution in [3.8, 4) is 6.07 Å². The van der Waals surface area contributed by atoms with Gasteiger partial charge in [0.1, 0.15) is 17.5 Å². The number of nitrogen functional groups attached to an aromatic ring is 1. The topological polar surface area (TPSA) is 75.6 Å². The summed E-state index contributed by atoms with van der Waals surface area (Å²) in [5.41, 5.74) is 4.42. The number of nitriles is 1. The van der Waals surface area contributed by atoms with Crippen LogP contribution in [0, 0.1) is 11.3 Å². The van der Waals surface area contributed by atoms with Crippen LogP contribution in [0.15, 0.2) is 6.20 Å². The van der Waals surface area contributed by atoms with E-state index in [1.54, 1.807) is 0 Å². The third-order valence-corrected chi connectivity index (χ3v) is 1.97. The molecular formula is C8H3F7N4. The first-order chi connectivity index (χ1) is 8.45. The second kappa shape index (κ2) is 4.22. The normalized spacial score (nSPS) is 13.2. The average Bonchev–Trinajstić information content (AvgIpc) is 2.27. The van der Waals surface area contributed by atoms with Gasteiger partial charge >= 0.3 is 18.0 Å². The lowest BCUT2D eigenvalue weighted by molar-refractivity contribution is -0.361. The molecular weight excluding hydrogens is 285 g/mol. The highest BCUT2D eigenvalue weighted by Crippen LogP contribution is 2.50. The first kappa shape index (κ1) is 14.9. The Bertz CT molecular complexity index is 531. The second-order valence-corrected chi connectivity index (χ2v) is 3.25. The van der Waals surface area contributed by atoms with Crippen LogP contribution >= 0.6 is 0 Å². The maximum absolute atomic E-state index is 13.1. The number of aromatic nitrogens is 2. The third kappa shape index (κ3) is 2.25. The minimum absolute atomic E-state index is 0.331. The highest BCUT2D eigenvalue weighted by molar-refractivity contribution is 5.46. The fourth-order valence-corrected chi connectivity index (χ4v) is 0.951. The van der Waals surface area contributed by atoms with Gasteiger partial charge in [0, 0.05) is 0 Å². The second-order valence-electron chi connectivity index (χ2n) is 3.25. The van der Waals surface area contributed by atoms with Crippen molar-refractivity contribution < 1.29 is 30.7 Å². The summed E-state index contributed by atoms with van der Waals surface area (Å²) in [6.45, 7) is 0.